The van der Waals surface area contributed by atoms with Gasteiger partial charge in [-0.25, -0.2) is 0 Å². The Morgan fingerprint density at radius 1 is 1.69 bits per heavy atom. The summed E-state index contributed by atoms with van der Waals surface area (Å²) in [5, 5.41) is 10.1. The van der Waals surface area contributed by atoms with E-state index >= 15 is 0 Å². The van der Waals surface area contributed by atoms with E-state index in [4.69, 9.17) is 10.5 Å². The van der Waals surface area contributed by atoms with Crippen molar-refractivity contribution < 1.29 is 9.84 Å². The number of rotatable bonds is 4. The summed E-state index contributed by atoms with van der Waals surface area (Å²) in [5.74, 6) is 0. The third-order valence-corrected chi connectivity index (χ3v) is 3.31. The van der Waals surface area contributed by atoms with E-state index in [2.05, 4.69) is 6.92 Å². The largest absolute Gasteiger partial charge is 0.390 e. The lowest BCUT2D eigenvalue weighted by Gasteiger charge is -2.35. The summed E-state index contributed by atoms with van der Waals surface area (Å²) in [5.41, 5.74) is 5.49. The summed E-state index contributed by atoms with van der Waals surface area (Å²) in [6, 6.07) is 0. The zero-order valence-corrected chi connectivity index (χ0v) is 8.62. The van der Waals surface area contributed by atoms with Crippen LogP contribution in [0.4, 0.5) is 0 Å². The highest BCUT2D eigenvalue weighted by molar-refractivity contribution is 4.88. The molecule has 0 aliphatic carbocycles. The quantitative estimate of drug-likeness (QED) is 0.687. The Balaban J connectivity index is 2.57. The van der Waals surface area contributed by atoms with Crippen molar-refractivity contribution in [3.63, 3.8) is 0 Å². The molecule has 0 radical (unpaired) electrons. The van der Waals surface area contributed by atoms with E-state index in [-0.39, 0.29) is 11.5 Å². The Morgan fingerprint density at radius 3 is 2.77 bits per heavy atom. The molecular weight excluding hydrogens is 166 g/mol. The summed E-state index contributed by atoms with van der Waals surface area (Å²) < 4.78 is 5.46. The van der Waals surface area contributed by atoms with Crippen LogP contribution in [-0.2, 0) is 4.74 Å². The Bertz CT molecular complexity index is 151. The molecule has 0 spiro atoms. The number of hydrogen-bond donors (Lipinski definition) is 2. The molecular formula is C10H21NO2. The number of hydrogen-bond acceptors (Lipinski definition) is 3. The third kappa shape index (κ3) is 2.22. The van der Waals surface area contributed by atoms with Crippen molar-refractivity contribution >= 4 is 0 Å². The molecule has 1 rings (SSSR count). The van der Waals surface area contributed by atoms with Gasteiger partial charge in [-0.15, -0.1) is 0 Å². The summed E-state index contributed by atoms with van der Waals surface area (Å²) >= 11 is 0. The predicted molar refractivity (Wildman–Crippen MR) is 52.4 cm³/mol. The van der Waals surface area contributed by atoms with Crippen LogP contribution in [0.5, 0.6) is 0 Å². The predicted octanol–water partition coefficient (Wildman–Crippen LogP) is 0.901. The second kappa shape index (κ2) is 4.40. The van der Waals surface area contributed by atoms with Crippen LogP contribution in [0.15, 0.2) is 0 Å². The number of aliphatic hydroxyl groups excluding tert-OH is 1. The molecule has 1 fully saturated rings. The normalized spacial score (nSPS) is 30.0. The lowest BCUT2D eigenvalue weighted by molar-refractivity contribution is -0.0665. The first-order valence-electron chi connectivity index (χ1n) is 5.14. The molecule has 13 heavy (non-hydrogen) atoms. The minimum atomic E-state index is -0.412. The fraction of sp³-hybridized carbons (Fsp3) is 1.00. The number of aliphatic hydroxyl groups is 1. The summed E-state index contributed by atoms with van der Waals surface area (Å²) in [4.78, 5) is 0. The van der Waals surface area contributed by atoms with Crippen LogP contribution in [0.25, 0.3) is 0 Å². The highest BCUT2D eigenvalue weighted by Gasteiger charge is 2.37. The maximum Gasteiger partial charge on any atom is 0.0867 e. The van der Waals surface area contributed by atoms with Crippen molar-refractivity contribution in [2.45, 2.75) is 45.3 Å². The van der Waals surface area contributed by atoms with Crippen molar-refractivity contribution in [1.29, 1.82) is 0 Å². The Labute approximate surface area is 80.3 Å². The molecule has 78 valence electrons. The SMILES string of the molecule is CCC(C)(CN)C(O)C1CCCO1. The first kappa shape index (κ1) is 11.0. The van der Waals surface area contributed by atoms with Crippen LogP contribution in [0.1, 0.15) is 33.1 Å². The molecule has 0 aromatic carbocycles. The second-order valence-corrected chi connectivity index (χ2v) is 4.21. The molecule has 3 atom stereocenters. The fourth-order valence-electron chi connectivity index (χ4n) is 1.77. The standard InChI is InChI=1S/C10H21NO2/c1-3-10(2,7-11)9(12)8-5-4-6-13-8/h8-9,12H,3-7,11H2,1-2H3. The number of ether oxygens (including phenoxy) is 1. The van der Waals surface area contributed by atoms with Gasteiger partial charge in [-0.1, -0.05) is 13.8 Å². The van der Waals surface area contributed by atoms with Gasteiger partial charge in [-0.3, -0.25) is 0 Å². The van der Waals surface area contributed by atoms with E-state index in [1.54, 1.807) is 0 Å². The van der Waals surface area contributed by atoms with Crippen LogP contribution >= 0.6 is 0 Å². The molecule has 3 unspecified atom stereocenters. The monoisotopic (exact) mass is 187 g/mol. The summed E-state index contributed by atoms with van der Waals surface area (Å²) in [7, 11) is 0. The molecule has 3 N–H and O–H groups in total. The van der Waals surface area contributed by atoms with Gasteiger partial charge in [0, 0.05) is 18.6 Å². The zero-order chi connectivity index (χ0) is 9.90. The van der Waals surface area contributed by atoms with Crippen LogP contribution in [0, 0.1) is 5.41 Å². The Hall–Kier alpha value is -0.120. The summed E-state index contributed by atoms with van der Waals surface area (Å²) in [6.07, 6.45) is 2.52. The molecule has 1 heterocycles. The second-order valence-electron chi connectivity index (χ2n) is 4.21. The first-order chi connectivity index (χ1) is 6.14. The van der Waals surface area contributed by atoms with Gasteiger partial charge in [-0.05, 0) is 19.3 Å². The molecule has 1 aliphatic heterocycles. The fourth-order valence-corrected chi connectivity index (χ4v) is 1.77. The van der Waals surface area contributed by atoms with E-state index in [1.807, 2.05) is 6.92 Å². The van der Waals surface area contributed by atoms with Gasteiger partial charge >= 0.3 is 0 Å². The van der Waals surface area contributed by atoms with E-state index in [0.29, 0.717) is 6.54 Å². The van der Waals surface area contributed by atoms with Crippen LogP contribution < -0.4 is 5.73 Å². The molecule has 0 saturated carbocycles. The van der Waals surface area contributed by atoms with Crippen molar-refractivity contribution in [2.24, 2.45) is 11.1 Å². The van der Waals surface area contributed by atoms with Crippen LogP contribution in [-0.4, -0.2) is 30.5 Å². The molecule has 3 nitrogen and oxygen atoms in total. The van der Waals surface area contributed by atoms with Crippen LogP contribution in [0.3, 0.4) is 0 Å². The highest BCUT2D eigenvalue weighted by Crippen LogP contribution is 2.31. The maximum absolute atomic E-state index is 10.1. The van der Waals surface area contributed by atoms with Gasteiger partial charge in [0.25, 0.3) is 0 Å². The van der Waals surface area contributed by atoms with Crippen molar-refractivity contribution in [3.8, 4) is 0 Å². The highest BCUT2D eigenvalue weighted by atomic mass is 16.5. The molecule has 0 amide bonds. The Morgan fingerprint density at radius 2 is 2.38 bits per heavy atom. The van der Waals surface area contributed by atoms with Gasteiger partial charge in [0.05, 0.1) is 12.2 Å². The van der Waals surface area contributed by atoms with Crippen molar-refractivity contribution in [1.82, 2.24) is 0 Å². The van der Waals surface area contributed by atoms with E-state index in [9.17, 15) is 5.11 Å². The topological polar surface area (TPSA) is 55.5 Å². The van der Waals surface area contributed by atoms with E-state index in [0.717, 1.165) is 25.9 Å². The smallest absolute Gasteiger partial charge is 0.0867 e. The van der Waals surface area contributed by atoms with Gasteiger partial charge in [0.2, 0.25) is 0 Å². The average molecular weight is 187 g/mol. The average Bonchev–Trinajstić information content (AvgIpc) is 2.68. The number of nitrogens with two attached hydrogens (primary N) is 1. The molecule has 0 aromatic rings. The zero-order valence-electron chi connectivity index (χ0n) is 8.62. The molecule has 3 heteroatoms. The molecule has 0 aromatic heterocycles. The lowest BCUT2D eigenvalue weighted by Crippen LogP contribution is -2.45. The van der Waals surface area contributed by atoms with E-state index < -0.39 is 6.10 Å². The van der Waals surface area contributed by atoms with E-state index in [1.165, 1.54) is 0 Å². The van der Waals surface area contributed by atoms with Gasteiger partial charge in [0.15, 0.2) is 0 Å². The van der Waals surface area contributed by atoms with Gasteiger partial charge < -0.3 is 15.6 Å². The minimum absolute atomic E-state index is 0.00787. The first-order valence-corrected chi connectivity index (χ1v) is 5.14. The van der Waals surface area contributed by atoms with Crippen molar-refractivity contribution in [3.05, 3.63) is 0 Å². The lowest BCUT2D eigenvalue weighted by atomic mass is 9.78. The minimum Gasteiger partial charge on any atom is -0.390 e. The summed E-state index contributed by atoms with van der Waals surface area (Å²) in [6.45, 7) is 5.39. The Kier molecular flexibility index (Phi) is 3.71. The third-order valence-electron chi connectivity index (χ3n) is 3.31. The molecule has 1 saturated heterocycles. The maximum atomic E-state index is 10.1. The van der Waals surface area contributed by atoms with Crippen molar-refractivity contribution in [2.75, 3.05) is 13.2 Å². The molecule has 1 aliphatic rings. The van der Waals surface area contributed by atoms with Gasteiger partial charge in [0.1, 0.15) is 0 Å². The van der Waals surface area contributed by atoms with Gasteiger partial charge in [-0.2, -0.15) is 0 Å². The van der Waals surface area contributed by atoms with Crippen LogP contribution in [0.2, 0.25) is 0 Å². The molecule has 0 bridgehead atoms.